The Morgan fingerprint density at radius 1 is 0.833 bits per heavy atom. The monoisotopic (exact) mass is 566 g/mol. The predicted octanol–water partition coefficient (Wildman–Crippen LogP) is 7.33. The van der Waals surface area contributed by atoms with Gasteiger partial charge in [0, 0.05) is 19.0 Å². The first kappa shape index (κ1) is 29.0. The number of nitrogens with zero attached hydrogens (tertiary/aromatic N) is 2. The molecule has 0 N–H and O–H groups in total. The van der Waals surface area contributed by atoms with Gasteiger partial charge in [0.25, 0.3) is 0 Å². The molecule has 1 aliphatic rings. The van der Waals surface area contributed by atoms with Crippen LogP contribution in [-0.4, -0.2) is 33.5 Å². The SMILES string of the molecule is COc1ccc(/C=N/Cc2ccc(N3C(=O)[C@H](CC[C@H](OC)c4ccc(F)cc4)[C@H]3c3ccc(OC)cc3)cc2)cc1. The first-order chi connectivity index (χ1) is 20.5. The van der Waals surface area contributed by atoms with Crippen molar-refractivity contribution in [3.63, 3.8) is 0 Å². The fourth-order valence-electron chi connectivity index (χ4n) is 5.44. The van der Waals surface area contributed by atoms with Gasteiger partial charge in [0.1, 0.15) is 17.3 Å². The molecular formula is C35H35FN2O4. The maximum absolute atomic E-state index is 13.6. The third-order valence-corrected chi connectivity index (χ3v) is 7.78. The molecule has 1 aliphatic heterocycles. The molecule has 0 bridgehead atoms. The number of methoxy groups -OCH3 is 3. The number of carbonyl (C=O) groups is 1. The van der Waals surface area contributed by atoms with Gasteiger partial charge in [0.2, 0.25) is 5.91 Å². The van der Waals surface area contributed by atoms with Crippen LogP contribution in [0.15, 0.2) is 102 Å². The minimum atomic E-state index is -0.284. The largest absolute Gasteiger partial charge is 0.497 e. The van der Waals surface area contributed by atoms with E-state index in [-0.39, 0.29) is 29.8 Å². The number of halogens is 1. The minimum absolute atomic E-state index is 0.0788. The van der Waals surface area contributed by atoms with Crippen molar-refractivity contribution in [2.75, 3.05) is 26.2 Å². The molecule has 0 radical (unpaired) electrons. The van der Waals surface area contributed by atoms with Gasteiger partial charge >= 0.3 is 0 Å². The summed E-state index contributed by atoms with van der Waals surface area (Å²) in [6.07, 6.45) is 2.90. The van der Waals surface area contributed by atoms with E-state index in [9.17, 15) is 9.18 Å². The maximum Gasteiger partial charge on any atom is 0.233 e. The summed E-state index contributed by atoms with van der Waals surface area (Å²) in [5.41, 5.74) is 4.85. The summed E-state index contributed by atoms with van der Waals surface area (Å²) in [7, 11) is 4.93. The van der Waals surface area contributed by atoms with Gasteiger partial charge in [0.05, 0.1) is 38.8 Å². The van der Waals surface area contributed by atoms with Crippen molar-refractivity contribution in [1.29, 1.82) is 0 Å². The van der Waals surface area contributed by atoms with Crippen LogP contribution < -0.4 is 14.4 Å². The number of hydrogen-bond donors (Lipinski definition) is 0. The van der Waals surface area contributed by atoms with Gasteiger partial charge in [-0.25, -0.2) is 4.39 Å². The molecule has 1 saturated heterocycles. The van der Waals surface area contributed by atoms with Crippen LogP contribution in [-0.2, 0) is 16.1 Å². The number of benzene rings is 4. The summed E-state index contributed by atoms with van der Waals surface area (Å²) in [6, 6.07) is 29.9. The molecular weight excluding hydrogens is 531 g/mol. The second kappa shape index (κ2) is 13.4. The van der Waals surface area contributed by atoms with Crippen LogP contribution >= 0.6 is 0 Å². The topological polar surface area (TPSA) is 60.4 Å². The molecule has 1 heterocycles. The Labute approximate surface area is 246 Å². The summed E-state index contributed by atoms with van der Waals surface area (Å²) in [6.45, 7) is 0.534. The zero-order valence-corrected chi connectivity index (χ0v) is 24.1. The van der Waals surface area contributed by atoms with Crippen molar-refractivity contribution in [3.8, 4) is 11.5 Å². The molecule has 0 aliphatic carbocycles. The van der Waals surface area contributed by atoms with Crippen molar-refractivity contribution in [2.24, 2.45) is 10.9 Å². The highest BCUT2D eigenvalue weighted by Gasteiger charge is 2.48. The van der Waals surface area contributed by atoms with Crippen molar-refractivity contribution < 1.29 is 23.4 Å². The highest BCUT2D eigenvalue weighted by atomic mass is 19.1. The Kier molecular flexibility index (Phi) is 9.29. The molecule has 0 saturated carbocycles. The second-order valence-corrected chi connectivity index (χ2v) is 10.3. The minimum Gasteiger partial charge on any atom is -0.497 e. The molecule has 0 unspecified atom stereocenters. The lowest BCUT2D eigenvalue weighted by Crippen LogP contribution is -2.55. The van der Waals surface area contributed by atoms with E-state index in [2.05, 4.69) is 4.99 Å². The number of hydrogen-bond acceptors (Lipinski definition) is 5. The van der Waals surface area contributed by atoms with E-state index in [1.165, 1.54) is 12.1 Å². The van der Waals surface area contributed by atoms with Crippen molar-refractivity contribution >= 4 is 17.8 Å². The Morgan fingerprint density at radius 2 is 1.45 bits per heavy atom. The van der Waals surface area contributed by atoms with E-state index >= 15 is 0 Å². The molecule has 0 spiro atoms. The third-order valence-electron chi connectivity index (χ3n) is 7.78. The highest BCUT2D eigenvalue weighted by molar-refractivity contribution is 6.03. The summed E-state index contributed by atoms with van der Waals surface area (Å²) in [5.74, 6) is 1.17. The average Bonchev–Trinajstić information content (AvgIpc) is 3.03. The molecule has 1 fully saturated rings. The van der Waals surface area contributed by atoms with Crippen LogP contribution in [0.5, 0.6) is 11.5 Å². The number of aliphatic imine (C=N–C) groups is 1. The summed E-state index contributed by atoms with van der Waals surface area (Å²) >= 11 is 0. The van der Waals surface area contributed by atoms with Crippen LogP contribution in [0.4, 0.5) is 10.1 Å². The van der Waals surface area contributed by atoms with E-state index in [1.54, 1.807) is 33.5 Å². The smallest absolute Gasteiger partial charge is 0.233 e. The second-order valence-electron chi connectivity index (χ2n) is 10.3. The number of anilines is 1. The van der Waals surface area contributed by atoms with E-state index < -0.39 is 0 Å². The maximum atomic E-state index is 13.6. The van der Waals surface area contributed by atoms with Gasteiger partial charge < -0.3 is 19.1 Å². The van der Waals surface area contributed by atoms with Crippen LogP contribution in [0, 0.1) is 11.7 Å². The van der Waals surface area contributed by atoms with Crippen molar-refractivity contribution in [3.05, 3.63) is 125 Å². The predicted molar refractivity (Wildman–Crippen MR) is 163 cm³/mol. The lowest BCUT2D eigenvalue weighted by atomic mass is 9.78. The normalized spacial score (nSPS) is 17.2. The molecule has 4 aromatic rings. The van der Waals surface area contributed by atoms with Gasteiger partial charge in [-0.3, -0.25) is 9.79 Å². The molecule has 5 rings (SSSR count). The van der Waals surface area contributed by atoms with Gasteiger partial charge in [-0.05, 0) is 95.8 Å². The Hall–Kier alpha value is -4.49. The number of ether oxygens (including phenoxy) is 3. The number of carbonyl (C=O) groups excluding carboxylic acids is 1. The molecule has 42 heavy (non-hydrogen) atoms. The van der Waals surface area contributed by atoms with E-state index in [4.69, 9.17) is 14.2 Å². The lowest BCUT2D eigenvalue weighted by Gasteiger charge is -2.48. The third kappa shape index (κ3) is 6.52. The first-order valence-corrected chi connectivity index (χ1v) is 14.0. The molecule has 1 amide bonds. The van der Waals surface area contributed by atoms with Gasteiger partial charge in [-0.1, -0.05) is 36.4 Å². The fourth-order valence-corrected chi connectivity index (χ4v) is 5.44. The number of amides is 1. The van der Waals surface area contributed by atoms with Crippen LogP contribution in [0.1, 0.15) is 47.2 Å². The Balaban J connectivity index is 1.30. The lowest BCUT2D eigenvalue weighted by molar-refractivity contribution is -0.131. The van der Waals surface area contributed by atoms with Crippen LogP contribution in [0.2, 0.25) is 0 Å². The van der Waals surface area contributed by atoms with Crippen LogP contribution in [0.25, 0.3) is 0 Å². The summed E-state index contributed by atoms with van der Waals surface area (Å²) in [4.78, 5) is 20.0. The van der Waals surface area contributed by atoms with Gasteiger partial charge in [-0.15, -0.1) is 0 Å². The number of rotatable bonds is 12. The van der Waals surface area contributed by atoms with E-state index in [0.29, 0.717) is 19.4 Å². The van der Waals surface area contributed by atoms with Crippen LogP contribution in [0.3, 0.4) is 0 Å². The average molecular weight is 567 g/mol. The summed E-state index contributed by atoms with van der Waals surface area (Å²) in [5, 5.41) is 0. The molecule has 6 nitrogen and oxygen atoms in total. The molecule has 216 valence electrons. The van der Waals surface area contributed by atoms with Crippen molar-refractivity contribution in [1.82, 2.24) is 0 Å². The van der Waals surface area contributed by atoms with E-state index in [1.807, 2.05) is 83.9 Å². The highest BCUT2D eigenvalue weighted by Crippen LogP contribution is 2.46. The zero-order valence-electron chi connectivity index (χ0n) is 24.1. The fraction of sp³-hybridized carbons (Fsp3) is 0.257. The van der Waals surface area contributed by atoms with Crippen molar-refractivity contribution in [2.45, 2.75) is 31.5 Å². The number of β-lactam (4-membered cyclic amide) rings is 1. The Morgan fingerprint density at radius 3 is 2.05 bits per heavy atom. The molecule has 3 atom stereocenters. The van der Waals surface area contributed by atoms with Gasteiger partial charge in [0.15, 0.2) is 0 Å². The quantitative estimate of drug-likeness (QED) is 0.133. The zero-order chi connectivity index (χ0) is 29.5. The molecule has 0 aromatic heterocycles. The van der Waals surface area contributed by atoms with Gasteiger partial charge in [-0.2, -0.15) is 0 Å². The molecule has 7 heteroatoms. The standard InChI is InChI=1S/C35H35FN2O4/c1-40-30-16-6-25(7-17-30)23-37-22-24-4-14-29(15-5-24)38-34(27-10-18-31(41-2)19-11-27)32(35(38)39)20-21-33(42-3)26-8-12-28(36)13-9-26/h4-19,23,32-34H,20-22H2,1-3H3/b37-23+/t32-,33+,34-/m1/s1. The van der Waals surface area contributed by atoms with E-state index in [0.717, 1.165) is 39.4 Å². The molecule has 4 aromatic carbocycles. The Bertz CT molecular complexity index is 1490. The first-order valence-electron chi connectivity index (χ1n) is 14.0. The summed E-state index contributed by atoms with van der Waals surface area (Å²) < 4.78 is 29.7.